The molecule has 0 spiro atoms. The van der Waals surface area contributed by atoms with Gasteiger partial charge < -0.3 is 10.2 Å². The van der Waals surface area contributed by atoms with Crippen molar-refractivity contribution in [3.8, 4) is 0 Å². The van der Waals surface area contributed by atoms with E-state index in [1.165, 1.54) is 6.07 Å². The second-order valence-electron chi connectivity index (χ2n) is 4.88. The molecule has 0 radical (unpaired) electrons. The number of aryl methyl sites for hydroxylation is 1. The van der Waals surface area contributed by atoms with E-state index >= 15 is 0 Å². The highest BCUT2D eigenvalue weighted by molar-refractivity contribution is 5.94. The molecule has 1 aliphatic heterocycles. The standard InChI is InChI=1S/C14H19FN2O/c1-10-3-4-13(15)12(9-10)14(18)17(2)11-5-7-16-8-6-11/h3-4,9,11,16H,5-8H2,1-2H3. The maximum absolute atomic E-state index is 13.7. The number of amides is 1. The molecule has 1 heterocycles. The largest absolute Gasteiger partial charge is 0.339 e. The Kier molecular flexibility index (Phi) is 3.97. The fourth-order valence-electron chi connectivity index (χ4n) is 2.35. The van der Waals surface area contributed by atoms with Crippen LogP contribution in [0.4, 0.5) is 4.39 Å². The number of benzene rings is 1. The van der Waals surface area contributed by atoms with Gasteiger partial charge in [-0.15, -0.1) is 0 Å². The lowest BCUT2D eigenvalue weighted by atomic mass is 10.0. The van der Waals surface area contributed by atoms with Crippen LogP contribution in [0.15, 0.2) is 18.2 Å². The van der Waals surface area contributed by atoms with Gasteiger partial charge in [0.1, 0.15) is 5.82 Å². The SMILES string of the molecule is Cc1ccc(F)c(C(=O)N(C)C2CCNCC2)c1. The van der Waals surface area contributed by atoms with Gasteiger partial charge in [-0.05, 0) is 45.0 Å². The van der Waals surface area contributed by atoms with Gasteiger partial charge in [-0.1, -0.05) is 11.6 Å². The van der Waals surface area contributed by atoms with E-state index in [4.69, 9.17) is 0 Å². The van der Waals surface area contributed by atoms with Crippen molar-refractivity contribution in [2.24, 2.45) is 0 Å². The topological polar surface area (TPSA) is 32.3 Å². The van der Waals surface area contributed by atoms with Crippen LogP contribution in [0.5, 0.6) is 0 Å². The van der Waals surface area contributed by atoms with E-state index in [9.17, 15) is 9.18 Å². The van der Waals surface area contributed by atoms with Crippen LogP contribution >= 0.6 is 0 Å². The van der Waals surface area contributed by atoms with Crippen molar-refractivity contribution in [1.29, 1.82) is 0 Å². The first-order chi connectivity index (χ1) is 8.59. The van der Waals surface area contributed by atoms with Crippen LogP contribution in [0.1, 0.15) is 28.8 Å². The highest BCUT2D eigenvalue weighted by atomic mass is 19.1. The van der Waals surface area contributed by atoms with Crippen LogP contribution in [0, 0.1) is 12.7 Å². The van der Waals surface area contributed by atoms with E-state index in [0.29, 0.717) is 0 Å². The van der Waals surface area contributed by atoms with Gasteiger partial charge >= 0.3 is 0 Å². The van der Waals surface area contributed by atoms with Gasteiger partial charge in [0.15, 0.2) is 0 Å². The minimum atomic E-state index is -0.439. The average Bonchev–Trinajstić information content (AvgIpc) is 2.41. The summed E-state index contributed by atoms with van der Waals surface area (Å²) in [7, 11) is 1.76. The van der Waals surface area contributed by atoms with Crippen molar-refractivity contribution in [3.05, 3.63) is 35.1 Å². The molecule has 1 aromatic rings. The van der Waals surface area contributed by atoms with Crippen LogP contribution in [-0.4, -0.2) is 37.0 Å². The van der Waals surface area contributed by atoms with Gasteiger partial charge in [-0.25, -0.2) is 4.39 Å². The second kappa shape index (κ2) is 5.48. The summed E-state index contributed by atoms with van der Waals surface area (Å²) in [6.45, 7) is 3.69. The normalized spacial score (nSPS) is 16.6. The van der Waals surface area contributed by atoms with Gasteiger partial charge in [0.25, 0.3) is 5.91 Å². The summed E-state index contributed by atoms with van der Waals surface area (Å²) in [4.78, 5) is 14.0. The smallest absolute Gasteiger partial charge is 0.256 e. The second-order valence-corrected chi connectivity index (χ2v) is 4.88. The molecule has 0 bridgehead atoms. The molecule has 0 saturated carbocycles. The summed E-state index contributed by atoms with van der Waals surface area (Å²) < 4.78 is 13.7. The minimum Gasteiger partial charge on any atom is -0.339 e. The number of carbonyl (C=O) groups is 1. The van der Waals surface area contributed by atoms with Crippen molar-refractivity contribution in [2.75, 3.05) is 20.1 Å². The number of nitrogens with zero attached hydrogens (tertiary/aromatic N) is 1. The zero-order chi connectivity index (χ0) is 13.1. The fraction of sp³-hybridized carbons (Fsp3) is 0.500. The molecular formula is C14H19FN2O. The predicted octanol–water partition coefficient (Wildman–Crippen LogP) is 1.96. The average molecular weight is 250 g/mol. The highest BCUT2D eigenvalue weighted by Gasteiger charge is 2.24. The highest BCUT2D eigenvalue weighted by Crippen LogP contribution is 2.17. The lowest BCUT2D eigenvalue weighted by Crippen LogP contribution is -2.44. The van der Waals surface area contributed by atoms with Crippen LogP contribution in [0.25, 0.3) is 0 Å². The van der Waals surface area contributed by atoms with Gasteiger partial charge in [-0.3, -0.25) is 4.79 Å². The first kappa shape index (κ1) is 13.0. The molecule has 1 saturated heterocycles. The third-order valence-electron chi connectivity index (χ3n) is 3.53. The minimum absolute atomic E-state index is 0.177. The molecule has 1 amide bonds. The molecule has 4 heteroatoms. The molecule has 2 rings (SSSR count). The van der Waals surface area contributed by atoms with E-state index in [1.54, 1.807) is 24.1 Å². The first-order valence-electron chi connectivity index (χ1n) is 6.33. The van der Waals surface area contributed by atoms with Gasteiger partial charge in [0.2, 0.25) is 0 Å². The summed E-state index contributed by atoms with van der Waals surface area (Å²) in [6, 6.07) is 4.86. The van der Waals surface area contributed by atoms with Gasteiger partial charge in [0, 0.05) is 13.1 Å². The molecule has 18 heavy (non-hydrogen) atoms. The number of nitrogens with one attached hydrogen (secondary N) is 1. The monoisotopic (exact) mass is 250 g/mol. The van der Waals surface area contributed by atoms with Crippen molar-refractivity contribution < 1.29 is 9.18 Å². The van der Waals surface area contributed by atoms with Crippen LogP contribution in [-0.2, 0) is 0 Å². The van der Waals surface area contributed by atoms with Crippen molar-refractivity contribution in [2.45, 2.75) is 25.8 Å². The van der Waals surface area contributed by atoms with Gasteiger partial charge in [0.05, 0.1) is 5.56 Å². The zero-order valence-electron chi connectivity index (χ0n) is 10.9. The lowest BCUT2D eigenvalue weighted by Gasteiger charge is -2.31. The maximum atomic E-state index is 13.7. The molecule has 1 aromatic carbocycles. The van der Waals surface area contributed by atoms with Crippen molar-refractivity contribution >= 4 is 5.91 Å². The number of halogens is 1. The van der Waals surface area contributed by atoms with Crippen LogP contribution in [0.3, 0.4) is 0 Å². The number of rotatable bonds is 2. The summed E-state index contributed by atoms with van der Waals surface area (Å²) in [6.07, 6.45) is 1.85. The molecule has 0 aliphatic carbocycles. The third kappa shape index (κ3) is 2.70. The Bertz CT molecular complexity index is 441. The third-order valence-corrected chi connectivity index (χ3v) is 3.53. The molecule has 0 aromatic heterocycles. The Morgan fingerprint density at radius 1 is 1.39 bits per heavy atom. The molecule has 0 atom stereocenters. The van der Waals surface area contributed by atoms with E-state index in [-0.39, 0.29) is 17.5 Å². The first-order valence-corrected chi connectivity index (χ1v) is 6.33. The Labute approximate surface area is 107 Å². The summed E-state index contributed by atoms with van der Waals surface area (Å²) in [5.74, 6) is -0.658. The van der Waals surface area contributed by atoms with E-state index < -0.39 is 5.82 Å². The van der Waals surface area contributed by atoms with Crippen molar-refractivity contribution in [1.82, 2.24) is 10.2 Å². The van der Waals surface area contributed by atoms with Crippen LogP contribution < -0.4 is 5.32 Å². The summed E-state index contributed by atoms with van der Waals surface area (Å²) in [5.41, 5.74) is 1.08. The van der Waals surface area contributed by atoms with Crippen LogP contribution in [0.2, 0.25) is 0 Å². The Hall–Kier alpha value is -1.42. The Morgan fingerprint density at radius 3 is 2.72 bits per heavy atom. The molecule has 3 nitrogen and oxygen atoms in total. The molecule has 98 valence electrons. The summed E-state index contributed by atoms with van der Waals surface area (Å²) in [5, 5.41) is 3.26. The van der Waals surface area contributed by atoms with E-state index in [0.717, 1.165) is 31.5 Å². The molecular weight excluding hydrogens is 231 g/mol. The summed E-state index contributed by atoms with van der Waals surface area (Å²) >= 11 is 0. The molecule has 0 unspecified atom stereocenters. The molecule has 1 N–H and O–H groups in total. The van der Waals surface area contributed by atoms with E-state index in [2.05, 4.69) is 5.32 Å². The predicted molar refractivity (Wildman–Crippen MR) is 69.1 cm³/mol. The number of carbonyl (C=O) groups excluding carboxylic acids is 1. The van der Waals surface area contributed by atoms with Crippen molar-refractivity contribution in [3.63, 3.8) is 0 Å². The van der Waals surface area contributed by atoms with Gasteiger partial charge in [-0.2, -0.15) is 0 Å². The number of hydrogen-bond donors (Lipinski definition) is 1. The quantitative estimate of drug-likeness (QED) is 0.870. The number of hydrogen-bond acceptors (Lipinski definition) is 2. The van der Waals surface area contributed by atoms with E-state index in [1.807, 2.05) is 6.92 Å². The maximum Gasteiger partial charge on any atom is 0.256 e. The lowest BCUT2D eigenvalue weighted by molar-refractivity contribution is 0.0698. The number of piperidine rings is 1. The fourth-order valence-corrected chi connectivity index (χ4v) is 2.35. The molecule has 1 fully saturated rings. The Balaban J connectivity index is 2.16. The molecule has 1 aliphatic rings. The zero-order valence-corrected chi connectivity index (χ0v) is 10.9. The Morgan fingerprint density at radius 2 is 2.06 bits per heavy atom.